The number of hydrogen-bond acceptors (Lipinski definition) is 2. The van der Waals surface area contributed by atoms with Gasteiger partial charge in [-0.1, -0.05) is 0 Å². The van der Waals surface area contributed by atoms with Crippen LogP contribution >= 0.6 is 0 Å². The molecule has 0 aliphatic carbocycles. The molecule has 0 amide bonds. The van der Waals surface area contributed by atoms with Crippen molar-refractivity contribution in [3.63, 3.8) is 0 Å². The predicted molar refractivity (Wildman–Crippen MR) is 67.6 cm³/mol. The molecule has 19 heavy (non-hydrogen) atoms. The summed E-state index contributed by atoms with van der Waals surface area (Å²) in [4.78, 5) is 0. The van der Waals surface area contributed by atoms with Gasteiger partial charge in [-0.2, -0.15) is 5.26 Å². The average molecular weight is 256 g/mol. The average Bonchev–Trinajstić information content (AvgIpc) is 2.80. The fourth-order valence-electron chi connectivity index (χ4n) is 2.41. The highest BCUT2D eigenvalue weighted by atomic mass is 19.1. The van der Waals surface area contributed by atoms with Crippen LogP contribution in [0, 0.1) is 23.0 Å². The Kier molecular flexibility index (Phi) is 2.68. The second kappa shape index (κ2) is 4.36. The first kappa shape index (κ1) is 11.7. The molecule has 94 valence electrons. The zero-order valence-corrected chi connectivity index (χ0v) is 9.95. The predicted octanol–water partition coefficient (Wildman–Crippen LogP) is 3.55. The first-order valence-electron chi connectivity index (χ1n) is 5.91. The molecule has 1 aliphatic rings. The molecule has 1 N–H and O–H groups in total. The van der Waals surface area contributed by atoms with Crippen LogP contribution in [0.4, 0.5) is 14.5 Å². The Morgan fingerprint density at radius 3 is 2.53 bits per heavy atom. The van der Waals surface area contributed by atoms with Crippen LogP contribution in [-0.2, 0) is 6.42 Å². The number of halogens is 2. The monoisotopic (exact) mass is 256 g/mol. The van der Waals surface area contributed by atoms with Gasteiger partial charge in [0, 0.05) is 11.8 Å². The zero-order chi connectivity index (χ0) is 13.4. The molecule has 0 saturated heterocycles. The molecule has 2 aromatic rings. The number of benzene rings is 2. The highest BCUT2D eigenvalue weighted by Gasteiger charge is 2.23. The molecule has 1 atom stereocenters. The van der Waals surface area contributed by atoms with E-state index in [0.717, 1.165) is 17.3 Å². The molecule has 0 bridgehead atoms. The van der Waals surface area contributed by atoms with Gasteiger partial charge in [0.15, 0.2) is 0 Å². The van der Waals surface area contributed by atoms with Gasteiger partial charge in [0.05, 0.1) is 17.7 Å². The van der Waals surface area contributed by atoms with Gasteiger partial charge >= 0.3 is 0 Å². The van der Waals surface area contributed by atoms with E-state index in [0.29, 0.717) is 17.5 Å². The van der Waals surface area contributed by atoms with E-state index >= 15 is 0 Å². The molecular formula is C15H10F2N2. The van der Waals surface area contributed by atoms with E-state index in [-0.39, 0.29) is 6.04 Å². The van der Waals surface area contributed by atoms with Gasteiger partial charge in [-0.3, -0.25) is 0 Å². The van der Waals surface area contributed by atoms with Gasteiger partial charge in [0.2, 0.25) is 0 Å². The van der Waals surface area contributed by atoms with E-state index < -0.39 is 11.6 Å². The largest absolute Gasteiger partial charge is 0.378 e. The summed E-state index contributed by atoms with van der Waals surface area (Å²) in [7, 11) is 0. The van der Waals surface area contributed by atoms with E-state index in [9.17, 15) is 8.78 Å². The van der Waals surface area contributed by atoms with Crippen LogP contribution in [0.15, 0.2) is 36.4 Å². The number of hydrogen-bond donors (Lipinski definition) is 1. The van der Waals surface area contributed by atoms with Crippen LogP contribution in [0.25, 0.3) is 0 Å². The Bertz CT molecular complexity index is 669. The topological polar surface area (TPSA) is 35.8 Å². The third-order valence-electron chi connectivity index (χ3n) is 3.28. The van der Waals surface area contributed by atoms with Crippen molar-refractivity contribution in [2.75, 3.05) is 5.32 Å². The van der Waals surface area contributed by atoms with Gasteiger partial charge in [0.1, 0.15) is 11.6 Å². The number of nitriles is 1. The molecule has 1 unspecified atom stereocenters. The number of nitrogens with zero attached hydrogens (tertiary/aromatic N) is 1. The Morgan fingerprint density at radius 1 is 1.11 bits per heavy atom. The van der Waals surface area contributed by atoms with Crippen molar-refractivity contribution in [3.8, 4) is 6.07 Å². The summed E-state index contributed by atoms with van der Waals surface area (Å²) < 4.78 is 26.4. The van der Waals surface area contributed by atoms with Gasteiger partial charge < -0.3 is 5.32 Å². The first-order chi connectivity index (χ1) is 9.15. The Labute approximate surface area is 109 Å². The van der Waals surface area contributed by atoms with Crippen LogP contribution < -0.4 is 5.32 Å². The number of fused-ring (bicyclic) bond motifs is 1. The lowest BCUT2D eigenvalue weighted by Gasteiger charge is -2.11. The maximum Gasteiger partial charge on any atom is 0.126 e. The summed E-state index contributed by atoms with van der Waals surface area (Å²) in [6, 6.07) is 10.8. The molecule has 4 heteroatoms. The van der Waals surface area contributed by atoms with Crippen LogP contribution in [0.1, 0.15) is 22.7 Å². The highest BCUT2D eigenvalue weighted by molar-refractivity contribution is 5.60. The third-order valence-corrected chi connectivity index (χ3v) is 3.28. The summed E-state index contributed by atoms with van der Waals surface area (Å²) >= 11 is 0. The van der Waals surface area contributed by atoms with Gasteiger partial charge in [-0.05, 0) is 47.9 Å². The Morgan fingerprint density at radius 2 is 1.84 bits per heavy atom. The van der Waals surface area contributed by atoms with Crippen LogP contribution in [0.5, 0.6) is 0 Å². The second-order valence-corrected chi connectivity index (χ2v) is 4.59. The maximum atomic E-state index is 13.2. The summed E-state index contributed by atoms with van der Waals surface area (Å²) in [5.74, 6) is -1.16. The number of anilines is 1. The molecule has 0 fully saturated rings. The maximum absolute atomic E-state index is 13.2. The lowest BCUT2D eigenvalue weighted by atomic mass is 10.0. The molecule has 0 spiro atoms. The van der Waals surface area contributed by atoms with Crippen molar-refractivity contribution >= 4 is 5.69 Å². The van der Waals surface area contributed by atoms with Crippen molar-refractivity contribution in [2.24, 2.45) is 0 Å². The van der Waals surface area contributed by atoms with Crippen molar-refractivity contribution in [3.05, 3.63) is 64.7 Å². The summed E-state index contributed by atoms with van der Waals surface area (Å²) in [5, 5.41) is 12.1. The molecule has 0 radical (unpaired) electrons. The first-order valence-corrected chi connectivity index (χ1v) is 5.91. The SMILES string of the molecule is N#Cc1ccc2c(c1)CC(c1cc(F)cc(F)c1)N2. The van der Waals surface area contributed by atoms with E-state index in [2.05, 4.69) is 11.4 Å². The van der Waals surface area contributed by atoms with E-state index in [1.54, 1.807) is 12.1 Å². The van der Waals surface area contributed by atoms with Crippen molar-refractivity contribution < 1.29 is 8.78 Å². The quantitative estimate of drug-likeness (QED) is 0.847. The number of nitrogens with one attached hydrogen (secondary N) is 1. The second-order valence-electron chi connectivity index (χ2n) is 4.59. The molecule has 1 aliphatic heterocycles. The fraction of sp³-hybridized carbons (Fsp3) is 0.133. The molecule has 2 aromatic carbocycles. The molecule has 0 saturated carbocycles. The molecular weight excluding hydrogens is 246 g/mol. The highest BCUT2D eigenvalue weighted by Crippen LogP contribution is 2.35. The summed E-state index contributed by atoms with van der Waals surface area (Å²) in [6.07, 6.45) is 0.619. The minimum atomic E-state index is -0.578. The minimum Gasteiger partial charge on any atom is -0.378 e. The summed E-state index contributed by atoms with van der Waals surface area (Å²) in [5.41, 5.74) is 3.07. The van der Waals surface area contributed by atoms with Crippen molar-refractivity contribution in [2.45, 2.75) is 12.5 Å². The fourth-order valence-corrected chi connectivity index (χ4v) is 2.41. The van der Waals surface area contributed by atoms with E-state index in [4.69, 9.17) is 5.26 Å². The standard InChI is InChI=1S/C15H10F2N2/c16-12-4-11(5-13(17)7-12)15-6-10-3-9(8-18)1-2-14(10)19-15/h1-5,7,15,19H,6H2. The number of rotatable bonds is 1. The van der Waals surface area contributed by atoms with Crippen molar-refractivity contribution in [1.82, 2.24) is 0 Å². The van der Waals surface area contributed by atoms with Gasteiger partial charge in [-0.15, -0.1) is 0 Å². The van der Waals surface area contributed by atoms with E-state index in [1.807, 2.05) is 6.07 Å². The zero-order valence-electron chi connectivity index (χ0n) is 9.95. The lowest BCUT2D eigenvalue weighted by molar-refractivity contribution is 0.576. The van der Waals surface area contributed by atoms with Crippen LogP contribution in [0.2, 0.25) is 0 Å². The molecule has 0 aromatic heterocycles. The third kappa shape index (κ3) is 2.15. The Hall–Kier alpha value is -2.41. The summed E-state index contributed by atoms with van der Waals surface area (Å²) in [6.45, 7) is 0. The smallest absolute Gasteiger partial charge is 0.126 e. The van der Waals surface area contributed by atoms with Gasteiger partial charge in [0.25, 0.3) is 0 Å². The van der Waals surface area contributed by atoms with Crippen LogP contribution in [0.3, 0.4) is 0 Å². The van der Waals surface area contributed by atoms with Gasteiger partial charge in [-0.25, -0.2) is 8.78 Å². The lowest BCUT2D eigenvalue weighted by Crippen LogP contribution is -2.06. The van der Waals surface area contributed by atoms with Crippen LogP contribution in [-0.4, -0.2) is 0 Å². The molecule has 2 nitrogen and oxygen atoms in total. The normalized spacial score (nSPS) is 16.6. The Balaban J connectivity index is 1.93. The minimum absolute atomic E-state index is 0.158. The van der Waals surface area contributed by atoms with E-state index in [1.165, 1.54) is 12.1 Å². The van der Waals surface area contributed by atoms with Crippen molar-refractivity contribution in [1.29, 1.82) is 5.26 Å². The molecule has 3 rings (SSSR count). The molecule has 1 heterocycles.